The Morgan fingerprint density at radius 1 is 0.957 bits per heavy atom. The van der Waals surface area contributed by atoms with E-state index >= 15 is 0 Å². The highest BCUT2D eigenvalue weighted by Crippen LogP contribution is 2.25. The number of carbonyl (C=O) groups is 4. The molecule has 10 heteroatoms. The van der Waals surface area contributed by atoms with Crippen molar-refractivity contribution in [3.05, 3.63) is 65.7 Å². The molecular weight excluding hydrogens is 582 g/mol. The molecule has 2 aromatic rings. The van der Waals surface area contributed by atoms with Crippen molar-refractivity contribution in [2.45, 2.75) is 84.0 Å². The number of nitrogens with zero attached hydrogens (tertiary/aromatic N) is 3. The van der Waals surface area contributed by atoms with Gasteiger partial charge in [-0.05, 0) is 77.1 Å². The van der Waals surface area contributed by atoms with Gasteiger partial charge in [0.25, 0.3) is 11.8 Å². The van der Waals surface area contributed by atoms with Crippen molar-refractivity contribution in [3.63, 3.8) is 0 Å². The maximum Gasteiger partial charge on any atom is 0.258 e. The van der Waals surface area contributed by atoms with Crippen LogP contribution in [0.25, 0.3) is 0 Å². The number of likely N-dealkylation sites (N-methyl/N-ethyl adjacent to an activating group) is 1. The average molecular weight is 634 g/mol. The zero-order valence-corrected chi connectivity index (χ0v) is 28.3. The van der Waals surface area contributed by atoms with Gasteiger partial charge in [-0.2, -0.15) is 0 Å². The zero-order valence-electron chi connectivity index (χ0n) is 28.3. The molecule has 2 aliphatic rings. The van der Waals surface area contributed by atoms with E-state index in [1.54, 1.807) is 29.2 Å². The Hall–Kier alpha value is -3.92. The molecule has 0 unspecified atom stereocenters. The number of para-hydroxylation sites is 1. The SMILES string of the molecule is CC(C)C[C@@H](NC(=O)c1ccccc1OCC(=O)NC(C)(C)C)C(=O)N1CCC[C@@H]1C(=O)N1CCN(C)[C@@H](Cc2ccccc2)C1. The lowest BCUT2D eigenvalue weighted by molar-refractivity contribution is -0.146. The number of rotatable bonds is 11. The summed E-state index contributed by atoms with van der Waals surface area (Å²) in [5.74, 6) is -0.637. The van der Waals surface area contributed by atoms with Crippen LogP contribution in [0.2, 0.25) is 0 Å². The van der Waals surface area contributed by atoms with Crippen molar-refractivity contribution in [2.24, 2.45) is 5.92 Å². The van der Waals surface area contributed by atoms with Crippen LogP contribution in [-0.2, 0) is 20.8 Å². The normalized spacial score (nSPS) is 19.5. The smallest absolute Gasteiger partial charge is 0.258 e. The van der Waals surface area contributed by atoms with Crippen LogP contribution in [0.3, 0.4) is 0 Å². The molecular formula is C36H51N5O5. The summed E-state index contributed by atoms with van der Waals surface area (Å²) in [7, 11) is 2.10. The Morgan fingerprint density at radius 3 is 2.35 bits per heavy atom. The van der Waals surface area contributed by atoms with Crippen molar-refractivity contribution in [3.8, 4) is 5.75 Å². The minimum atomic E-state index is -0.809. The van der Waals surface area contributed by atoms with E-state index in [1.165, 1.54) is 5.56 Å². The van der Waals surface area contributed by atoms with Gasteiger partial charge in [-0.3, -0.25) is 24.1 Å². The van der Waals surface area contributed by atoms with Crippen molar-refractivity contribution < 1.29 is 23.9 Å². The Morgan fingerprint density at radius 2 is 1.65 bits per heavy atom. The molecule has 3 atom stereocenters. The summed E-state index contributed by atoms with van der Waals surface area (Å²) >= 11 is 0. The number of ether oxygens (including phenoxy) is 1. The largest absolute Gasteiger partial charge is 0.483 e. The maximum atomic E-state index is 14.1. The third-order valence-corrected chi connectivity index (χ3v) is 8.54. The van der Waals surface area contributed by atoms with Gasteiger partial charge in [0.15, 0.2) is 6.61 Å². The first-order chi connectivity index (χ1) is 21.8. The van der Waals surface area contributed by atoms with Crippen LogP contribution in [0.15, 0.2) is 54.6 Å². The van der Waals surface area contributed by atoms with Gasteiger partial charge in [0.2, 0.25) is 11.8 Å². The fourth-order valence-corrected chi connectivity index (χ4v) is 6.26. The van der Waals surface area contributed by atoms with Gasteiger partial charge in [-0.25, -0.2) is 0 Å². The first-order valence-electron chi connectivity index (χ1n) is 16.5. The molecule has 0 saturated carbocycles. The topological polar surface area (TPSA) is 111 Å². The lowest BCUT2D eigenvalue weighted by atomic mass is 10.0. The Balaban J connectivity index is 1.44. The summed E-state index contributed by atoms with van der Waals surface area (Å²) in [5, 5.41) is 5.79. The summed E-state index contributed by atoms with van der Waals surface area (Å²) in [6.45, 7) is 11.9. The molecule has 2 fully saturated rings. The predicted molar refractivity (Wildman–Crippen MR) is 178 cm³/mol. The molecule has 2 aliphatic heterocycles. The second-order valence-electron chi connectivity index (χ2n) is 14.0. The summed E-state index contributed by atoms with van der Waals surface area (Å²) in [4.78, 5) is 59.9. The number of amides is 4. The Kier molecular flexibility index (Phi) is 11.8. The van der Waals surface area contributed by atoms with Crippen molar-refractivity contribution in [2.75, 3.05) is 39.8 Å². The first kappa shape index (κ1) is 34.9. The monoisotopic (exact) mass is 633 g/mol. The molecule has 10 nitrogen and oxygen atoms in total. The molecule has 2 N–H and O–H groups in total. The molecule has 4 amide bonds. The summed E-state index contributed by atoms with van der Waals surface area (Å²) in [6, 6.07) is 15.8. The highest BCUT2D eigenvalue weighted by atomic mass is 16.5. The van der Waals surface area contributed by atoms with E-state index in [0.29, 0.717) is 32.5 Å². The highest BCUT2D eigenvalue weighted by molar-refractivity contribution is 6.00. The van der Waals surface area contributed by atoms with Gasteiger partial charge in [0, 0.05) is 37.8 Å². The standard InChI is InChI=1S/C36H51N5O5/c1-25(2)21-29(37-33(43)28-15-10-11-17-31(28)46-24-32(42)38-36(3,4)5)34(44)41-18-12-16-30(41)35(45)40-20-19-39(6)27(23-40)22-26-13-8-7-9-14-26/h7-11,13-15,17,25,27,29-30H,12,16,18-24H2,1-6H3,(H,37,43)(H,38,42)/t27-,29+,30+/m0/s1. The fourth-order valence-electron chi connectivity index (χ4n) is 6.26. The molecule has 46 heavy (non-hydrogen) atoms. The van der Waals surface area contributed by atoms with Crippen molar-refractivity contribution in [1.29, 1.82) is 0 Å². The van der Waals surface area contributed by atoms with Gasteiger partial charge in [-0.15, -0.1) is 0 Å². The number of carbonyl (C=O) groups excluding carboxylic acids is 4. The van der Waals surface area contributed by atoms with E-state index in [9.17, 15) is 19.2 Å². The molecule has 0 spiro atoms. The fraction of sp³-hybridized carbons (Fsp3) is 0.556. The minimum Gasteiger partial charge on any atom is -0.483 e. The lowest BCUT2D eigenvalue weighted by Gasteiger charge is -2.41. The van der Waals surface area contributed by atoms with Gasteiger partial charge in [-0.1, -0.05) is 56.3 Å². The number of nitrogens with one attached hydrogen (secondary N) is 2. The molecule has 2 aromatic carbocycles. The summed E-state index contributed by atoms with van der Waals surface area (Å²) in [6.07, 6.45) is 2.62. The molecule has 2 saturated heterocycles. The van der Waals surface area contributed by atoms with Crippen LogP contribution in [0.1, 0.15) is 69.8 Å². The van der Waals surface area contributed by atoms with Crippen molar-refractivity contribution >= 4 is 23.6 Å². The van der Waals surface area contributed by atoms with E-state index in [0.717, 1.165) is 19.4 Å². The Labute approximate surface area is 273 Å². The minimum absolute atomic E-state index is 0.0149. The first-order valence-corrected chi connectivity index (χ1v) is 16.5. The van der Waals surface area contributed by atoms with Crippen LogP contribution < -0.4 is 15.4 Å². The number of likely N-dealkylation sites (tertiary alicyclic amines) is 1. The molecule has 0 aromatic heterocycles. The Bertz CT molecular complexity index is 1360. The lowest BCUT2D eigenvalue weighted by Crippen LogP contribution is -2.59. The molecule has 0 aliphatic carbocycles. The van der Waals surface area contributed by atoms with Gasteiger partial charge >= 0.3 is 0 Å². The molecule has 250 valence electrons. The maximum absolute atomic E-state index is 14.1. The number of piperazine rings is 1. The summed E-state index contributed by atoms with van der Waals surface area (Å²) < 4.78 is 5.74. The van der Waals surface area contributed by atoms with Crippen LogP contribution in [-0.4, -0.2) is 102 Å². The third kappa shape index (κ3) is 9.55. The van der Waals surface area contributed by atoms with Gasteiger partial charge in [0.05, 0.1) is 5.56 Å². The second-order valence-corrected chi connectivity index (χ2v) is 14.0. The molecule has 0 bridgehead atoms. The second kappa shape index (κ2) is 15.6. The van der Waals surface area contributed by atoms with E-state index in [1.807, 2.05) is 57.7 Å². The van der Waals surface area contributed by atoms with E-state index in [2.05, 4.69) is 34.7 Å². The molecule has 0 radical (unpaired) electrons. The quantitative estimate of drug-likeness (QED) is 0.392. The van der Waals surface area contributed by atoms with Crippen LogP contribution in [0.5, 0.6) is 5.75 Å². The zero-order chi connectivity index (χ0) is 33.4. The van der Waals surface area contributed by atoms with E-state index in [4.69, 9.17) is 4.74 Å². The third-order valence-electron chi connectivity index (χ3n) is 8.54. The number of hydrogen-bond donors (Lipinski definition) is 2. The molecule has 2 heterocycles. The summed E-state index contributed by atoms with van der Waals surface area (Å²) in [5.41, 5.74) is 1.06. The van der Waals surface area contributed by atoms with Crippen LogP contribution in [0, 0.1) is 5.92 Å². The van der Waals surface area contributed by atoms with E-state index < -0.39 is 23.5 Å². The highest BCUT2D eigenvalue weighted by Gasteiger charge is 2.41. The van der Waals surface area contributed by atoms with Gasteiger partial charge < -0.3 is 25.2 Å². The number of hydrogen-bond acceptors (Lipinski definition) is 6. The van der Waals surface area contributed by atoms with Gasteiger partial charge in [0.1, 0.15) is 17.8 Å². The van der Waals surface area contributed by atoms with E-state index in [-0.39, 0.29) is 47.6 Å². The van der Waals surface area contributed by atoms with Crippen molar-refractivity contribution in [1.82, 2.24) is 25.3 Å². The van der Waals surface area contributed by atoms with Crippen LogP contribution >= 0.6 is 0 Å². The molecule has 4 rings (SSSR count). The predicted octanol–water partition coefficient (Wildman–Crippen LogP) is 3.50. The van der Waals surface area contributed by atoms with Crippen LogP contribution in [0.4, 0.5) is 0 Å². The number of benzene rings is 2. The average Bonchev–Trinajstić information content (AvgIpc) is 3.50.